The Morgan fingerprint density at radius 1 is 1.28 bits per heavy atom. The average molecular weight is 394 g/mol. The summed E-state index contributed by atoms with van der Waals surface area (Å²) in [4.78, 5) is 24.7. The number of phenolic OH excluding ortho intramolecular Hbond substituents is 1. The number of aromatic nitrogens is 2. The van der Waals surface area contributed by atoms with Crippen LogP contribution >= 0.6 is 0 Å². The first-order valence-electron chi connectivity index (χ1n) is 9.63. The molecular formula is C21H22N4O4. The quantitative estimate of drug-likeness (QED) is 0.568. The van der Waals surface area contributed by atoms with Gasteiger partial charge in [0.1, 0.15) is 5.75 Å². The van der Waals surface area contributed by atoms with Gasteiger partial charge in [-0.25, -0.2) is 4.79 Å². The summed E-state index contributed by atoms with van der Waals surface area (Å²) in [6.07, 6.45) is 4.57. The van der Waals surface area contributed by atoms with Crippen molar-refractivity contribution in [2.75, 3.05) is 11.9 Å². The largest absolute Gasteiger partial charge is 0.507 e. The van der Waals surface area contributed by atoms with Crippen molar-refractivity contribution in [2.45, 2.75) is 32.1 Å². The van der Waals surface area contributed by atoms with Gasteiger partial charge >= 0.3 is 6.03 Å². The molecule has 1 aromatic carbocycles. The molecule has 8 heteroatoms. The summed E-state index contributed by atoms with van der Waals surface area (Å²) >= 11 is 0. The molecule has 0 unspecified atom stereocenters. The molecule has 1 saturated carbocycles. The van der Waals surface area contributed by atoms with Crippen molar-refractivity contribution in [1.29, 1.82) is 0 Å². The van der Waals surface area contributed by atoms with E-state index in [2.05, 4.69) is 15.7 Å². The van der Waals surface area contributed by atoms with Crippen LogP contribution in [0.15, 0.2) is 47.1 Å². The van der Waals surface area contributed by atoms with E-state index in [-0.39, 0.29) is 23.5 Å². The van der Waals surface area contributed by atoms with Crippen LogP contribution in [0.3, 0.4) is 0 Å². The number of benzene rings is 1. The zero-order chi connectivity index (χ0) is 20.4. The summed E-state index contributed by atoms with van der Waals surface area (Å²) in [5.41, 5.74) is 2.23. The fraction of sp³-hybridized carbons (Fsp3) is 0.286. The van der Waals surface area contributed by atoms with Gasteiger partial charge in [0.2, 0.25) is 0 Å². The van der Waals surface area contributed by atoms with Gasteiger partial charge in [0.15, 0.2) is 5.76 Å². The normalized spacial score (nSPS) is 13.7. The highest BCUT2D eigenvalue weighted by Gasteiger charge is 2.27. The third-order valence-electron chi connectivity index (χ3n) is 5.06. The van der Waals surface area contributed by atoms with Crippen LogP contribution in [-0.4, -0.2) is 33.4 Å². The van der Waals surface area contributed by atoms with Gasteiger partial charge in [0.25, 0.3) is 5.91 Å². The number of nitrogens with zero attached hydrogens (tertiary/aromatic N) is 2. The van der Waals surface area contributed by atoms with E-state index in [4.69, 9.17) is 4.42 Å². The van der Waals surface area contributed by atoms with Crippen molar-refractivity contribution in [3.8, 4) is 17.0 Å². The fourth-order valence-corrected chi connectivity index (χ4v) is 3.33. The lowest BCUT2D eigenvalue weighted by molar-refractivity contribution is 0.0996. The molecule has 0 spiro atoms. The topological polar surface area (TPSA) is 109 Å². The number of anilines is 1. The minimum atomic E-state index is -0.394. The number of amides is 2. The Morgan fingerprint density at radius 3 is 2.76 bits per heavy atom. The Labute approximate surface area is 167 Å². The summed E-state index contributed by atoms with van der Waals surface area (Å²) in [6.45, 7) is 2.35. The summed E-state index contributed by atoms with van der Waals surface area (Å²) in [7, 11) is 0. The van der Waals surface area contributed by atoms with Gasteiger partial charge in [-0.2, -0.15) is 9.78 Å². The van der Waals surface area contributed by atoms with E-state index in [1.165, 1.54) is 17.0 Å². The zero-order valence-electron chi connectivity index (χ0n) is 16.0. The van der Waals surface area contributed by atoms with E-state index in [9.17, 15) is 14.7 Å². The monoisotopic (exact) mass is 394 g/mol. The molecule has 1 aliphatic carbocycles. The fourth-order valence-electron chi connectivity index (χ4n) is 3.33. The van der Waals surface area contributed by atoms with E-state index in [0.717, 1.165) is 25.0 Å². The Kier molecular flexibility index (Phi) is 5.07. The summed E-state index contributed by atoms with van der Waals surface area (Å²) in [6, 6.07) is 9.46. The van der Waals surface area contributed by atoms with Gasteiger partial charge in [-0.15, -0.1) is 0 Å². The smallest absolute Gasteiger partial charge is 0.342 e. The molecule has 4 rings (SSSR count). The minimum absolute atomic E-state index is 0.0155. The maximum atomic E-state index is 12.4. The summed E-state index contributed by atoms with van der Waals surface area (Å²) < 4.78 is 6.48. The first-order valence-corrected chi connectivity index (χ1v) is 9.63. The number of hydrogen-bond donors (Lipinski definition) is 3. The molecule has 0 aliphatic heterocycles. The number of carbonyl (C=O) groups excluding carboxylic acids is 2. The molecule has 0 bridgehead atoms. The van der Waals surface area contributed by atoms with E-state index in [1.54, 1.807) is 24.3 Å². The van der Waals surface area contributed by atoms with Crippen LogP contribution in [0.4, 0.5) is 10.5 Å². The Hall–Kier alpha value is -3.55. The predicted octanol–water partition coefficient (Wildman–Crippen LogP) is 3.95. The Morgan fingerprint density at radius 2 is 2.10 bits per heavy atom. The highest BCUT2D eigenvalue weighted by Crippen LogP contribution is 2.39. The van der Waals surface area contributed by atoms with Crippen molar-refractivity contribution in [3.63, 3.8) is 0 Å². The highest BCUT2D eigenvalue weighted by molar-refractivity contribution is 6.02. The van der Waals surface area contributed by atoms with E-state index in [1.807, 2.05) is 13.0 Å². The van der Waals surface area contributed by atoms with Gasteiger partial charge in [-0.1, -0.05) is 6.42 Å². The first-order chi connectivity index (χ1) is 14.1. The first kappa shape index (κ1) is 18.8. The van der Waals surface area contributed by atoms with Crippen LogP contribution in [0, 0.1) is 0 Å². The lowest BCUT2D eigenvalue weighted by Gasteiger charge is -2.25. The van der Waals surface area contributed by atoms with Crippen molar-refractivity contribution in [3.05, 3.63) is 54.1 Å². The maximum absolute atomic E-state index is 12.4. The Balaban J connectivity index is 1.67. The maximum Gasteiger partial charge on any atom is 0.342 e. The van der Waals surface area contributed by atoms with Gasteiger partial charge in [-0.05, 0) is 56.2 Å². The third-order valence-corrected chi connectivity index (χ3v) is 5.06. The molecule has 2 heterocycles. The molecular weight excluding hydrogens is 372 g/mol. The molecule has 2 amide bonds. The zero-order valence-corrected chi connectivity index (χ0v) is 16.0. The molecule has 0 saturated heterocycles. The number of phenols is 1. The molecule has 0 radical (unpaired) electrons. The lowest BCUT2D eigenvalue weighted by Crippen LogP contribution is -2.31. The number of carbonyl (C=O) groups is 2. The van der Waals surface area contributed by atoms with Crippen LogP contribution in [0.25, 0.3) is 11.3 Å². The number of rotatable bonds is 5. The highest BCUT2D eigenvalue weighted by atomic mass is 16.3. The Bertz CT molecular complexity index is 1040. The second-order valence-electron chi connectivity index (χ2n) is 6.99. The second kappa shape index (κ2) is 7.83. The van der Waals surface area contributed by atoms with Gasteiger partial charge < -0.3 is 20.2 Å². The van der Waals surface area contributed by atoms with Crippen molar-refractivity contribution < 1.29 is 19.1 Å². The molecule has 1 aliphatic rings. The lowest BCUT2D eigenvalue weighted by atomic mass is 9.82. The second-order valence-corrected chi connectivity index (χ2v) is 6.99. The summed E-state index contributed by atoms with van der Waals surface area (Å²) in [5.74, 6) is 0.0894. The van der Waals surface area contributed by atoms with Crippen molar-refractivity contribution in [1.82, 2.24) is 15.1 Å². The van der Waals surface area contributed by atoms with Crippen LogP contribution in [0.2, 0.25) is 0 Å². The SMILES string of the molecule is CCNC(=O)n1nc(-c2cc(NC(=O)c3ccco3)ccc2O)cc1C1CCC1. The number of hydrogen-bond acceptors (Lipinski definition) is 5. The van der Waals surface area contributed by atoms with Gasteiger partial charge in [0.05, 0.1) is 17.7 Å². The minimum Gasteiger partial charge on any atom is -0.507 e. The number of aromatic hydroxyl groups is 1. The predicted molar refractivity (Wildman–Crippen MR) is 107 cm³/mol. The third kappa shape index (κ3) is 3.73. The molecule has 150 valence electrons. The molecule has 1 fully saturated rings. The molecule has 2 aromatic heterocycles. The average Bonchev–Trinajstić information content (AvgIpc) is 3.32. The summed E-state index contributed by atoms with van der Waals surface area (Å²) in [5, 5.41) is 20.3. The molecule has 29 heavy (non-hydrogen) atoms. The molecule has 8 nitrogen and oxygen atoms in total. The number of furan rings is 1. The van der Waals surface area contributed by atoms with Crippen molar-refractivity contribution in [2.24, 2.45) is 0 Å². The van der Waals surface area contributed by atoms with Gasteiger partial charge in [-0.3, -0.25) is 4.79 Å². The number of nitrogens with one attached hydrogen (secondary N) is 2. The molecule has 0 atom stereocenters. The van der Waals surface area contributed by atoms with Crippen LogP contribution in [-0.2, 0) is 0 Å². The van der Waals surface area contributed by atoms with E-state index < -0.39 is 5.91 Å². The van der Waals surface area contributed by atoms with Crippen LogP contribution in [0.5, 0.6) is 5.75 Å². The van der Waals surface area contributed by atoms with E-state index in [0.29, 0.717) is 23.5 Å². The van der Waals surface area contributed by atoms with Gasteiger partial charge in [0, 0.05) is 23.7 Å². The standard InChI is InChI=1S/C21H22N4O4/c1-2-22-21(28)25-17(13-5-3-6-13)12-16(24-25)15-11-14(8-9-18(15)26)23-20(27)19-7-4-10-29-19/h4,7-13,26H,2-3,5-6H2,1H3,(H,22,28)(H,23,27). The molecule has 3 N–H and O–H groups in total. The van der Waals surface area contributed by atoms with E-state index >= 15 is 0 Å². The van der Waals surface area contributed by atoms with Crippen molar-refractivity contribution >= 4 is 17.6 Å². The molecule has 3 aromatic rings. The van der Waals surface area contributed by atoms with Crippen LogP contribution < -0.4 is 10.6 Å². The van der Waals surface area contributed by atoms with Crippen LogP contribution in [0.1, 0.15) is 48.4 Å².